The Kier molecular flexibility index (Phi) is 7.15. The molecular weight excluding hydrogens is 238 g/mol. The smallest absolute Gasteiger partial charge is 0.236 e. The van der Waals surface area contributed by atoms with Crippen molar-refractivity contribution in [1.82, 2.24) is 15.1 Å². The predicted octanol–water partition coefficient (Wildman–Crippen LogP) is 1.19. The van der Waals surface area contributed by atoms with Crippen molar-refractivity contribution in [3.8, 4) is 0 Å². The molecule has 1 aromatic rings. The van der Waals surface area contributed by atoms with Gasteiger partial charge in [0.2, 0.25) is 5.91 Å². The molecule has 1 rings (SSSR count). The van der Waals surface area contributed by atoms with Crippen LogP contribution in [0.15, 0.2) is 30.3 Å². The molecule has 106 valence electrons. The molecule has 4 nitrogen and oxygen atoms in total. The van der Waals surface area contributed by atoms with Gasteiger partial charge in [-0.3, -0.25) is 4.79 Å². The lowest BCUT2D eigenvalue weighted by Gasteiger charge is -2.21. The van der Waals surface area contributed by atoms with E-state index in [-0.39, 0.29) is 5.91 Å². The van der Waals surface area contributed by atoms with Crippen molar-refractivity contribution in [3.63, 3.8) is 0 Å². The van der Waals surface area contributed by atoms with Gasteiger partial charge in [0, 0.05) is 26.2 Å². The topological polar surface area (TPSA) is 35.6 Å². The summed E-state index contributed by atoms with van der Waals surface area (Å²) < 4.78 is 0. The van der Waals surface area contributed by atoms with Crippen LogP contribution >= 0.6 is 0 Å². The number of carbonyl (C=O) groups excluding carboxylic acids is 1. The normalized spacial score (nSPS) is 10.7. The van der Waals surface area contributed by atoms with Crippen molar-refractivity contribution >= 4 is 5.91 Å². The minimum Gasteiger partial charge on any atom is -0.338 e. The lowest BCUT2D eigenvalue weighted by Crippen LogP contribution is -2.39. The molecule has 0 saturated heterocycles. The van der Waals surface area contributed by atoms with E-state index in [9.17, 15) is 4.79 Å². The van der Waals surface area contributed by atoms with Crippen LogP contribution in [0.3, 0.4) is 0 Å². The van der Waals surface area contributed by atoms with Gasteiger partial charge in [-0.2, -0.15) is 0 Å². The largest absolute Gasteiger partial charge is 0.338 e. The van der Waals surface area contributed by atoms with E-state index in [4.69, 9.17) is 0 Å². The first-order valence-corrected chi connectivity index (χ1v) is 6.80. The van der Waals surface area contributed by atoms with Gasteiger partial charge < -0.3 is 15.1 Å². The number of nitrogens with zero attached hydrogens (tertiary/aromatic N) is 2. The van der Waals surface area contributed by atoms with E-state index in [1.54, 1.807) is 0 Å². The van der Waals surface area contributed by atoms with E-state index < -0.39 is 0 Å². The molecular formula is C15H25N3O. The summed E-state index contributed by atoms with van der Waals surface area (Å²) in [4.78, 5) is 16.0. The van der Waals surface area contributed by atoms with Gasteiger partial charge >= 0.3 is 0 Å². The summed E-state index contributed by atoms with van der Waals surface area (Å²) in [5.74, 6) is 0.158. The second-order valence-electron chi connectivity index (χ2n) is 4.87. The van der Waals surface area contributed by atoms with E-state index in [0.717, 1.165) is 19.6 Å². The molecule has 0 spiro atoms. The Balaban J connectivity index is 2.35. The van der Waals surface area contributed by atoms with E-state index in [1.807, 2.05) is 44.1 Å². The number of likely N-dealkylation sites (N-methyl/N-ethyl adjacent to an activating group) is 2. The highest BCUT2D eigenvalue weighted by atomic mass is 16.2. The molecule has 0 aliphatic rings. The summed E-state index contributed by atoms with van der Waals surface area (Å²) in [6.45, 7) is 5.63. The average molecular weight is 263 g/mol. The van der Waals surface area contributed by atoms with Crippen molar-refractivity contribution in [3.05, 3.63) is 35.9 Å². The maximum Gasteiger partial charge on any atom is 0.236 e. The zero-order chi connectivity index (χ0) is 14.1. The van der Waals surface area contributed by atoms with Gasteiger partial charge in [0.25, 0.3) is 0 Å². The Bertz CT molecular complexity index is 365. The van der Waals surface area contributed by atoms with E-state index in [2.05, 4.69) is 22.3 Å². The quantitative estimate of drug-likeness (QED) is 0.716. The highest BCUT2D eigenvalue weighted by Crippen LogP contribution is 2.04. The van der Waals surface area contributed by atoms with E-state index in [1.165, 1.54) is 5.56 Å². The second kappa shape index (κ2) is 8.67. The molecule has 4 heteroatoms. The number of benzene rings is 1. The lowest BCUT2D eigenvalue weighted by molar-refractivity contribution is -0.130. The molecule has 0 heterocycles. The molecule has 0 aliphatic heterocycles. The van der Waals surface area contributed by atoms with E-state index in [0.29, 0.717) is 13.1 Å². The second-order valence-corrected chi connectivity index (χ2v) is 4.87. The number of nitrogens with one attached hydrogen (secondary N) is 1. The molecule has 0 bridgehead atoms. The molecule has 1 amide bonds. The minimum absolute atomic E-state index is 0.158. The van der Waals surface area contributed by atoms with Crippen LogP contribution in [0.25, 0.3) is 0 Å². The van der Waals surface area contributed by atoms with Crippen LogP contribution in [-0.4, -0.2) is 56.0 Å². The van der Waals surface area contributed by atoms with Crippen molar-refractivity contribution in [2.75, 3.05) is 40.3 Å². The molecule has 0 saturated carbocycles. The van der Waals surface area contributed by atoms with Crippen LogP contribution in [0, 0.1) is 0 Å². The van der Waals surface area contributed by atoms with Gasteiger partial charge in [0.05, 0.1) is 6.54 Å². The molecule has 0 atom stereocenters. The van der Waals surface area contributed by atoms with Crippen LogP contribution in [0.4, 0.5) is 0 Å². The molecule has 1 N–H and O–H groups in total. The van der Waals surface area contributed by atoms with Crippen LogP contribution in [0.5, 0.6) is 0 Å². The zero-order valence-electron chi connectivity index (χ0n) is 12.2. The number of rotatable bonds is 8. The van der Waals surface area contributed by atoms with Crippen molar-refractivity contribution in [1.29, 1.82) is 0 Å². The number of amides is 1. The zero-order valence-corrected chi connectivity index (χ0v) is 12.2. The molecule has 0 unspecified atom stereocenters. The van der Waals surface area contributed by atoms with Gasteiger partial charge in [-0.25, -0.2) is 0 Å². The van der Waals surface area contributed by atoms with Gasteiger partial charge in [-0.1, -0.05) is 30.3 Å². The first-order valence-electron chi connectivity index (χ1n) is 6.80. The van der Waals surface area contributed by atoms with Gasteiger partial charge in [0.1, 0.15) is 0 Å². The fourth-order valence-electron chi connectivity index (χ4n) is 1.79. The van der Waals surface area contributed by atoms with Crippen molar-refractivity contribution in [2.24, 2.45) is 0 Å². The third-order valence-corrected chi connectivity index (χ3v) is 2.96. The Hall–Kier alpha value is -1.39. The maximum absolute atomic E-state index is 12.1. The summed E-state index contributed by atoms with van der Waals surface area (Å²) in [5.41, 5.74) is 1.17. The summed E-state index contributed by atoms with van der Waals surface area (Å²) in [5, 5.41) is 3.18. The fourth-order valence-corrected chi connectivity index (χ4v) is 1.79. The Morgan fingerprint density at radius 3 is 2.47 bits per heavy atom. The SMILES string of the molecule is CCN(Cc1ccccc1)C(=O)CNCCN(C)C. The highest BCUT2D eigenvalue weighted by Gasteiger charge is 2.11. The molecule has 0 aliphatic carbocycles. The Morgan fingerprint density at radius 2 is 1.89 bits per heavy atom. The predicted molar refractivity (Wildman–Crippen MR) is 79.0 cm³/mol. The summed E-state index contributed by atoms with van der Waals surface area (Å²) in [7, 11) is 4.05. The lowest BCUT2D eigenvalue weighted by atomic mass is 10.2. The average Bonchev–Trinajstić information content (AvgIpc) is 2.41. The number of carbonyl (C=O) groups is 1. The fraction of sp³-hybridized carbons (Fsp3) is 0.533. The summed E-state index contributed by atoms with van der Waals surface area (Å²) >= 11 is 0. The van der Waals surface area contributed by atoms with E-state index >= 15 is 0 Å². The Labute approximate surface area is 116 Å². The van der Waals surface area contributed by atoms with Gasteiger partial charge in [-0.15, -0.1) is 0 Å². The third kappa shape index (κ3) is 6.36. The monoisotopic (exact) mass is 263 g/mol. The number of hydrogen-bond acceptors (Lipinski definition) is 3. The number of hydrogen-bond donors (Lipinski definition) is 1. The van der Waals surface area contributed by atoms with Gasteiger partial charge in [-0.05, 0) is 26.6 Å². The molecule has 1 aromatic carbocycles. The van der Waals surface area contributed by atoms with Gasteiger partial charge in [0.15, 0.2) is 0 Å². The molecule has 0 radical (unpaired) electrons. The standard InChI is InChI=1S/C15H25N3O/c1-4-18(13-14-8-6-5-7-9-14)15(19)12-16-10-11-17(2)3/h5-9,16H,4,10-13H2,1-3H3. The minimum atomic E-state index is 0.158. The molecule has 0 fully saturated rings. The van der Waals surface area contributed by atoms with Crippen LogP contribution < -0.4 is 5.32 Å². The van der Waals surface area contributed by atoms with Crippen molar-refractivity contribution < 1.29 is 4.79 Å². The van der Waals surface area contributed by atoms with Crippen LogP contribution in [0.1, 0.15) is 12.5 Å². The molecule has 19 heavy (non-hydrogen) atoms. The third-order valence-electron chi connectivity index (χ3n) is 2.96. The molecule has 0 aromatic heterocycles. The Morgan fingerprint density at radius 1 is 1.21 bits per heavy atom. The summed E-state index contributed by atoms with van der Waals surface area (Å²) in [6, 6.07) is 10.1. The highest BCUT2D eigenvalue weighted by molar-refractivity contribution is 5.78. The van der Waals surface area contributed by atoms with Crippen LogP contribution in [-0.2, 0) is 11.3 Å². The maximum atomic E-state index is 12.1. The first-order chi connectivity index (χ1) is 9.13. The van der Waals surface area contributed by atoms with Crippen molar-refractivity contribution in [2.45, 2.75) is 13.5 Å². The summed E-state index contributed by atoms with van der Waals surface area (Å²) in [6.07, 6.45) is 0. The van der Waals surface area contributed by atoms with Crippen LogP contribution in [0.2, 0.25) is 0 Å². The first kappa shape index (κ1) is 15.7.